The number of anilines is 1. The fourth-order valence-corrected chi connectivity index (χ4v) is 4.23. The summed E-state index contributed by atoms with van der Waals surface area (Å²) in [5, 5.41) is 5.58. The molecule has 2 atom stereocenters. The van der Waals surface area contributed by atoms with Crippen LogP contribution in [-0.4, -0.2) is 43.5 Å². The van der Waals surface area contributed by atoms with Crippen LogP contribution in [-0.2, 0) is 20.7 Å². The van der Waals surface area contributed by atoms with Gasteiger partial charge >= 0.3 is 0 Å². The Hall–Kier alpha value is -3.91. The van der Waals surface area contributed by atoms with Crippen molar-refractivity contribution in [2.75, 3.05) is 24.6 Å². The molecule has 1 saturated heterocycles. The van der Waals surface area contributed by atoms with Crippen LogP contribution in [0, 0.1) is 0 Å². The van der Waals surface area contributed by atoms with Gasteiger partial charge < -0.3 is 19.8 Å². The van der Waals surface area contributed by atoms with Gasteiger partial charge in [-0.25, -0.2) is 0 Å². The maximum Gasteiger partial charge on any atom is 0.287 e. The van der Waals surface area contributed by atoms with E-state index >= 15 is 0 Å². The zero-order chi connectivity index (χ0) is 25.3. The molecular formula is C28H31N3O5. The minimum absolute atomic E-state index is 0.0362. The lowest BCUT2D eigenvalue weighted by Crippen LogP contribution is -2.48. The van der Waals surface area contributed by atoms with E-state index in [1.807, 2.05) is 61.5 Å². The maximum atomic E-state index is 13.6. The number of hydrogen-bond donors (Lipinski definition) is 2. The molecule has 36 heavy (non-hydrogen) atoms. The van der Waals surface area contributed by atoms with Gasteiger partial charge in [-0.05, 0) is 54.7 Å². The highest BCUT2D eigenvalue weighted by Crippen LogP contribution is 2.29. The van der Waals surface area contributed by atoms with Gasteiger partial charge in [0.15, 0.2) is 5.76 Å². The fraction of sp³-hybridized carbons (Fsp3) is 0.321. The van der Waals surface area contributed by atoms with Crippen LogP contribution in [0.5, 0.6) is 0 Å². The van der Waals surface area contributed by atoms with Crippen LogP contribution in [0.1, 0.15) is 47.5 Å². The minimum Gasteiger partial charge on any atom is -0.459 e. The smallest absolute Gasteiger partial charge is 0.287 e. The first kappa shape index (κ1) is 25.2. The Morgan fingerprint density at radius 1 is 1.00 bits per heavy atom. The van der Waals surface area contributed by atoms with Gasteiger partial charge in [-0.1, -0.05) is 49.4 Å². The first-order chi connectivity index (χ1) is 17.6. The zero-order valence-corrected chi connectivity index (χ0v) is 20.3. The Bertz CT molecular complexity index is 1140. The normalized spacial score (nSPS) is 15.8. The quantitative estimate of drug-likeness (QED) is 0.453. The van der Waals surface area contributed by atoms with E-state index in [1.165, 1.54) is 17.2 Å². The average molecular weight is 490 g/mol. The number of furan rings is 1. The summed E-state index contributed by atoms with van der Waals surface area (Å²) in [5.74, 6) is -1.15. The molecule has 0 radical (unpaired) electrons. The first-order valence-electron chi connectivity index (χ1n) is 12.2. The number of nitrogens with zero attached hydrogens (tertiary/aromatic N) is 1. The summed E-state index contributed by atoms with van der Waals surface area (Å²) in [6.07, 6.45) is 4.05. The Labute approximate surface area is 210 Å². The molecule has 0 unspecified atom stereocenters. The Morgan fingerprint density at radius 2 is 1.78 bits per heavy atom. The van der Waals surface area contributed by atoms with E-state index in [4.69, 9.17) is 9.15 Å². The van der Waals surface area contributed by atoms with Crippen molar-refractivity contribution in [3.8, 4) is 0 Å². The molecule has 1 fully saturated rings. The van der Waals surface area contributed by atoms with E-state index in [-0.39, 0.29) is 24.3 Å². The first-order valence-corrected chi connectivity index (χ1v) is 12.2. The predicted molar refractivity (Wildman–Crippen MR) is 136 cm³/mol. The third-order valence-electron chi connectivity index (χ3n) is 6.19. The summed E-state index contributed by atoms with van der Waals surface area (Å²) in [5.41, 5.74) is 2.33. The molecule has 0 aliphatic carbocycles. The van der Waals surface area contributed by atoms with E-state index in [0.717, 1.165) is 24.8 Å². The summed E-state index contributed by atoms with van der Waals surface area (Å²) in [4.78, 5) is 41.1. The molecule has 1 aliphatic rings. The molecule has 4 rings (SSSR count). The van der Waals surface area contributed by atoms with Crippen LogP contribution in [0.2, 0.25) is 0 Å². The van der Waals surface area contributed by atoms with Crippen molar-refractivity contribution in [3.63, 3.8) is 0 Å². The number of benzene rings is 2. The van der Waals surface area contributed by atoms with Crippen molar-refractivity contribution in [1.82, 2.24) is 10.6 Å². The number of carbonyl (C=O) groups excluding carboxylic acids is 3. The molecule has 0 bridgehead atoms. The number of nitrogens with one attached hydrogen (secondary N) is 2. The number of carbonyl (C=O) groups is 3. The predicted octanol–water partition coefficient (Wildman–Crippen LogP) is 3.64. The van der Waals surface area contributed by atoms with E-state index in [0.29, 0.717) is 24.4 Å². The molecule has 3 amide bonds. The lowest BCUT2D eigenvalue weighted by molar-refractivity contribution is -0.126. The van der Waals surface area contributed by atoms with Crippen LogP contribution >= 0.6 is 0 Å². The molecular weight excluding hydrogens is 458 g/mol. The second-order valence-corrected chi connectivity index (χ2v) is 8.64. The second kappa shape index (κ2) is 12.2. The topological polar surface area (TPSA) is 101 Å². The summed E-state index contributed by atoms with van der Waals surface area (Å²) >= 11 is 0. The molecule has 2 heterocycles. The van der Waals surface area contributed by atoms with E-state index in [2.05, 4.69) is 10.6 Å². The molecule has 0 spiro atoms. The largest absolute Gasteiger partial charge is 0.459 e. The van der Waals surface area contributed by atoms with Gasteiger partial charge in [0.05, 0.1) is 18.9 Å². The number of hydrogen-bond acceptors (Lipinski definition) is 5. The van der Waals surface area contributed by atoms with Crippen molar-refractivity contribution in [2.24, 2.45) is 0 Å². The van der Waals surface area contributed by atoms with Gasteiger partial charge in [-0.2, -0.15) is 0 Å². The monoisotopic (exact) mass is 489 g/mol. The second-order valence-electron chi connectivity index (χ2n) is 8.64. The molecule has 2 aromatic carbocycles. The molecule has 8 nitrogen and oxygen atoms in total. The Balaban J connectivity index is 1.63. The minimum atomic E-state index is -0.937. The number of ether oxygens (including phenoxy) is 1. The van der Waals surface area contributed by atoms with Crippen molar-refractivity contribution in [2.45, 2.75) is 38.3 Å². The van der Waals surface area contributed by atoms with Crippen LogP contribution < -0.4 is 15.5 Å². The zero-order valence-electron chi connectivity index (χ0n) is 20.3. The number of aryl methyl sites for hydroxylation is 1. The standard InChI is InChI=1S/C28H31N3O5/c1-2-20-12-14-22(15-13-20)31(25(32)19-30-27(33)24-11-7-17-36-24)26(21-8-4-3-5-9-21)28(34)29-18-23-10-6-16-35-23/h3-5,7-9,11-15,17,23,26H,2,6,10,16,18-19H2,1H3,(H,29,34)(H,30,33)/t23-,26-/m1/s1. The van der Waals surface area contributed by atoms with Crippen LogP contribution in [0.15, 0.2) is 77.4 Å². The SMILES string of the molecule is CCc1ccc(N(C(=O)CNC(=O)c2ccco2)[C@@H](C(=O)NC[C@H]2CCCO2)c2ccccc2)cc1. The van der Waals surface area contributed by atoms with Crippen molar-refractivity contribution in [3.05, 3.63) is 89.9 Å². The number of amides is 3. The lowest BCUT2D eigenvalue weighted by Gasteiger charge is -2.32. The summed E-state index contributed by atoms with van der Waals surface area (Å²) in [6.45, 7) is 2.80. The highest BCUT2D eigenvalue weighted by Gasteiger charge is 2.33. The summed E-state index contributed by atoms with van der Waals surface area (Å²) in [7, 11) is 0. The molecule has 0 saturated carbocycles. The van der Waals surface area contributed by atoms with E-state index < -0.39 is 17.9 Å². The Morgan fingerprint density at radius 3 is 2.42 bits per heavy atom. The molecule has 3 aromatic rings. The third-order valence-corrected chi connectivity index (χ3v) is 6.19. The molecule has 1 aromatic heterocycles. The highest BCUT2D eigenvalue weighted by molar-refractivity contribution is 6.04. The molecule has 2 N–H and O–H groups in total. The Kier molecular flexibility index (Phi) is 8.52. The van der Waals surface area contributed by atoms with Gasteiger partial charge in [-0.15, -0.1) is 0 Å². The lowest BCUT2D eigenvalue weighted by atomic mass is 10.0. The third kappa shape index (κ3) is 6.20. The van der Waals surface area contributed by atoms with Crippen molar-refractivity contribution in [1.29, 1.82) is 0 Å². The maximum absolute atomic E-state index is 13.6. The number of rotatable bonds is 10. The van der Waals surface area contributed by atoms with Gasteiger partial charge in [-0.3, -0.25) is 19.3 Å². The average Bonchev–Trinajstić information content (AvgIpc) is 3.64. The summed E-state index contributed by atoms with van der Waals surface area (Å²) in [6, 6.07) is 18.9. The molecule has 188 valence electrons. The van der Waals surface area contributed by atoms with Gasteiger partial charge in [0, 0.05) is 18.8 Å². The fourth-order valence-electron chi connectivity index (χ4n) is 4.23. The van der Waals surface area contributed by atoms with Gasteiger partial charge in [0.25, 0.3) is 5.91 Å². The van der Waals surface area contributed by atoms with Gasteiger partial charge in [0.2, 0.25) is 11.8 Å². The van der Waals surface area contributed by atoms with Crippen molar-refractivity contribution < 1.29 is 23.5 Å². The summed E-state index contributed by atoms with van der Waals surface area (Å²) < 4.78 is 10.8. The van der Waals surface area contributed by atoms with Gasteiger partial charge in [0.1, 0.15) is 6.04 Å². The molecule has 8 heteroatoms. The highest BCUT2D eigenvalue weighted by atomic mass is 16.5. The van der Waals surface area contributed by atoms with Crippen LogP contribution in [0.4, 0.5) is 5.69 Å². The van der Waals surface area contributed by atoms with Crippen molar-refractivity contribution >= 4 is 23.4 Å². The van der Waals surface area contributed by atoms with Crippen LogP contribution in [0.25, 0.3) is 0 Å². The molecule has 1 aliphatic heterocycles. The van der Waals surface area contributed by atoms with E-state index in [9.17, 15) is 14.4 Å². The van der Waals surface area contributed by atoms with Crippen LogP contribution in [0.3, 0.4) is 0 Å². The van der Waals surface area contributed by atoms with E-state index in [1.54, 1.807) is 6.07 Å².